The van der Waals surface area contributed by atoms with E-state index in [1.807, 2.05) is 0 Å². The van der Waals surface area contributed by atoms with Crippen molar-refractivity contribution in [1.82, 2.24) is 19.9 Å². The third kappa shape index (κ3) is 2.60. The van der Waals surface area contributed by atoms with Gasteiger partial charge >= 0.3 is 0 Å². The molecule has 1 saturated carbocycles. The highest BCUT2D eigenvalue weighted by Crippen LogP contribution is 2.42. The minimum Gasteiger partial charge on any atom is -0.341 e. The number of aromatic amines is 1. The van der Waals surface area contributed by atoms with Crippen molar-refractivity contribution in [2.24, 2.45) is 11.1 Å². The van der Waals surface area contributed by atoms with Crippen molar-refractivity contribution in [2.75, 3.05) is 0 Å². The van der Waals surface area contributed by atoms with Gasteiger partial charge in [-0.1, -0.05) is 25.6 Å². The van der Waals surface area contributed by atoms with Crippen LogP contribution >= 0.6 is 11.8 Å². The number of thioether (sulfide) groups is 1. The molecule has 2 aromatic rings. The van der Waals surface area contributed by atoms with Gasteiger partial charge in [-0.15, -0.1) is 0 Å². The summed E-state index contributed by atoms with van der Waals surface area (Å²) in [5.74, 6) is 0. The van der Waals surface area contributed by atoms with Gasteiger partial charge in [0.1, 0.15) is 16.9 Å². The van der Waals surface area contributed by atoms with E-state index in [9.17, 15) is 0 Å². The van der Waals surface area contributed by atoms with Crippen LogP contribution in [0.5, 0.6) is 0 Å². The highest BCUT2D eigenvalue weighted by Gasteiger charge is 2.34. The van der Waals surface area contributed by atoms with Crippen molar-refractivity contribution in [2.45, 2.75) is 49.4 Å². The maximum absolute atomic E-state index is 6.28. The number of nitrogens with two attached hydrogens (primary N) is 1. The Bertz CT molecular complexity index is 579. The molecule has 0 aromatic carbocycles. The molecule has 2 unspecified atom stereocenters. The largest absolute Gasteiger partial charge is 0.341 e. The lowest BCUT2D eigenvalue weighted by atomic mass is 9.75. The average molecular weight is 277 g/mol. The third-order valence-corrected chi connectivity index (χ3v) is 5.19. The van der Waals surface area contributed by atoms with Crippen LogP contribution in [0.1, 0.15) is 33.1 Å². The smallest absolute Gasteiger partial charge is 0.181 e. The summed E-state index contributed by atoms with van der Waals surface area (Å²) in [5.41, 5.74) is 8.29. The number of nitrogens with one attached hydrogen (secondary N) is 1. The molecule has 0 radical (unpaired) electrons. The molecule has 3 N–H and O–H groups in total. The van der Waals surface area contributed by atoms with Crippen LogP contribution in [0, 0.1) is 5.41 Å². The van der Waals surface area contributed by atoms with Gasteiger partial charge < -0.3 is 10.7 Å². The number of nitrogens with zero attached hydrogens (tertiary/aromatic N) is 3. The Hall–Kier alpha value is -1.14. The number of aromatic nitrogens is 4. The van der Waals surface area contributed by atoms with Gasteiger partial charge in [0, 0.05) is 11.3 Å². The van der Waals surface area contributed by atoms with Crippen molar-refractivity contribution in [3.8, 4) is 0 Å². The van der Waals surface area contributed by atoms with E-state index in [1.54, 1.807) is 24.4 Å². The fourth-order valence-corrected chi connectivity index (χ4v) is 4.15. The topological polar surface area (TPSA) is 80.5 Å². The number of imidazole rings is 1. The Balaban J connectivity index is 1.85. The number of H-pyrrole nitrogens is 1. The minimum absolute atomic E-state index is 0.242. The molecule has 5 nitrogen and oxygen atoms in total. The summed E-state index contributed by atoms with van der Waals surface area (Å²) in [4.78, 5) is 15.8. The fraction of sp³-hybridized carbons (Fsp3) is 0.615. The predicted molar refractivity (Wildman–Crippen MR) is 76.9 cm³/mol. The second-order valence-corrected chi connectivity index (χ2v) is 7.24. The zero-order chi connectivity index (χ0) is 13.5. The van der Waals surface area contributed by atoms with Crippen molar-refractivity contribution in [3.05, 3.63) is 12.7 Å². The van der Waals surface area contributed by atoms with Gasteiger partial charge in [0.15, 0.2) is 5.65 Å². The first kappa shape index (κ1) is 12.9. The molecule has 1 aliphatic rings. The van der Waals surface area contributed by atoms with Gasteiger partial charge in [0.2, 0.25) is 0 Å². The molecule has 6 heteroatoms. The molecule has 0 bridgehead atoms. The molecular formula is C13H19N5S. The third-order valence-electron chi connectivity index (χ3n) is 3.84. The van der Waals surface area contributed by atoms with Crippen LogP contribution in [0.4, 0.5) is 0 Å². The standard InChI is InChI=1S/C13H19N5S/c1-13(2)4-3-8(14)9(5-13)19-12-10-11(16-6-15-10)17-7-18-12/h6-9H,3-5,14H2,1-2H3,(H,15,16,17,18). The lowest BCUT2D eigenvalue weighted by Crippen LogP contribution is -2.41. The molecule has 19 heavy (non-hydrogen) atoms. The van der Waals surface area contributed by atoms with Crippen molar-refractivity contribution in [3.63, 3.8) is 0 Å². The van der Waals surface area contributed by atoms with Crippen LogP contribution in [-0.4, -0.2) is 31.2 Å². The van der Waals surface area contributed by atoms with Crippen LogP contribution in [0.15, 0.2) is 17.7 Å². The van der Waals surface area contributed by atoms with E-state index in [1.165, 1.54) is 6.42 Å². The molecule has 0 aliphatic heterocycles. The summed E-state index contributed by atoms with van der Waals surface area (Å²) in [5, 5.41) is 1.37. The van der Waals surface area contributed by atoms with Crippen LogP contribution in [0.25, 0.3) is 11.2 Å². The zero-order valence-corrected chi connectivity index (χ0v) is 12.1. The number of fused-ring (bicyclic) bond motifs is 1. The lowest BCUT2D eigenvalue weighted by Gasteiger charge is -2.38. The lowest BCUT2D eigenvalue weighted by molar-refractivity contribution is 0.232. The minimum atomic E-state index is 0.242. The normalized spacial score (nSPS) is 26.7. The predicted octanol–water partition coefficient (Wildman–Crippen LogP) is 2.35. The first-order chi connectivity index (χ1) is 9.05. The highest BCUT2D eigenvalue weighted by molar-refractivity contribution is 8.00. The summed E-state index contributed by atoms with van der Waals surface area (Å²) in [6.45, 7) is 4.64. The van der Waals surface area contributed by atoms with E-state index in [-0.39, 0.29) is 6.04 Å². The van der Waals surface area contributed by atoms with E-state index in [4.69, 9.17) is 5.73 Å². The quantitative estimate of drug-likeness (QED) is 0.824. The molecule has 2 heterocycles. The van der Waals surface area contributed by atoms with Crippen LogP contribution in [0.2, 0.25) is 0 Å². The van der Waals surface area contributed by atoms with E-state index < -0.39 is 0 Å². The molecule has 1 aliphatic carbocycles. The molecule has 1 fully saturated rings. The monoisotopic (exact) mass is 277 g/mol. The maximum Gasteiger partial charge on any atom is 0.181 e. The summed E-state index contributed by atoms with van der Waals surface area (Å²) >= 11 is 1.76. The van der Waals surface area contributed by atoms with E-state index >= 15 is 0 Å². The van der Waals surface area contributed by atoms with Gasteiger partial charge in [0.25, 0.3) is 0 Å². The molecule has 0 saturated heterocycles. The van der Waals surface area contributed by atoms with Gasteiger partial charge in [0.05, 0.1) is 6.33 Å². The Labute approximate surface area is 116 Å². The van der Waals surface area contributed by atoms with Crippen LogP contribution in [-0.2, 0) is 0 Å². The molecular weight excluding hydrogens is 258 g/mol. The van der Waals surface area contributed by atoms with E-state index in [2.05, 4.69) is 33.8 Å². The average Bonchev–Trinajstić information content (AvgIpc) is 2.83. The Morgan fingerprint density at radius 2 is 2.21 bits per heavy atom. The van der Waals surface area contributed by atoms with Crippen molar-refractivity contribution >= 4 is 22.9 Å². The number of rotatable bonds is 2. The molecule has 0 amide bonds. The molecule has 2 aromatic heterocycles. The van der Waals surface area contributed by atoms with E-state index in [0.29, 0.717) is 10.7 Å². The molecule has 0 spiro atoms. The summed E-state index contributed by atoms with van der Waals surface area (Å²) < 4.78 is 0. The second-order valence-electron chi connectivity index (χ2n) is 6.01. The Kier molecular flexibility index (Phi) is 3.22. The van der Waals surface area contributed by atoms with Crippen molar-refractivity contribution < 1.29 is 0 Å². The van der Waals surface area contributed by atoms with Crippen LogP contribution < -0.4 is 5.73 Å². The first-order valence-corrected chi connectivity index (χ1v) is 7.49. The van der Waals surface area contributed by atoms with Crippen LogP contribution in [0.3, 0.4) is 0 Å². The highest BCUT2D eigenvalue weighted by atomic mass is 32.2. The van der Waals surface area contributed by atoms with E-state index in [0.717, 1.165) is 29.0 Å². The molecule has 3 rings (SSSR count). The summed E-state index contributed by atoms with van der Waals surface area (Å²) in [6, 6.07) is 0.242. The Morgan fingerprint density at radius 1 is 1.37 bits per heavy atom. The molecule has 102 valence electrons. The van der Waals surface area contributed by atoms with Gasteiger partial charge in [-0.2, -0.15) is 0 Å². The fourth-order valence-electron chi connectivity index (χ4n) is 2.65. The SMILES string of the molecule is CC1(C)CCC(N)C(Sc2ncnc3nc[nH]c23)C1. The van der Waals surface area contributed by atoms with Gasteiger partial charge in [-0.3, -0.25) is 0 Å². The second kappa shape index (κ2) is 4.76. The van der Waals surface area contributed by atoms with Gasteiger partial charge in [-0.05, 0) is 24.7 Å². The van der Waals surface area contributed by atoms with Crippen molar-refractivity contribution in [1.29, 1.82) is 0 Å². The number of hydrogen-bond acceptors (Lipinski definition) is 5. The summed E-state index contributed by atoms with van der Waals surface area (Å²) in [6.07, 6.45) is 6.65. The summed E-state index contributed by atoms with van der Waals surface area (Å²) in [7, 11) is 0. The first-order valence-electron chi connectivity index (χ1n) is 6.61. The maximum atomic E-state index is 6.28. The molecule has 2 atom stereocenters. The Morgan fingerprint density at radius 3 is 3.05 bits per heavy atom. The van der Waals surface area contributed by atoms with Gasteiger partial charge in [-0.25, -0.2) is 15.0 Å². The zero-order valence-electron chi connectivity index (χ0n) is 11.3. The number of hydrogen-bond donors (Lipinski definition) is 2.